The van der Waals surface area contributed by atoms with Crippen LogP contribution in [-0.4, -0.2) is 58.7 Å². The molecule has 1 aliphatic rings. The van der Waals surface area contributed by atoms with E-state index in [1.807, 2.05) is 0 Å². The molecule has 0 bridgehead atoms. The first-order chi connectivity index (χ1) is 10.7. The second kappa shape index (κ2) is 6.19. The van der Waals surface area contributed by atoms with Crippen molar-refractivity contribution in [2.75, 3.05) is 32.7 Å². The van der Waals surface area contributed by atoms with Gasteiger partial charge in [0.25, 0.3) is 5.91 Å². The predicted molar refractivity (Wildman–Crippen MR) is 81.6 cm³/mol. The highest BCUT2D eigenvalue weighted by molar-refractivity contribution is 5.92. The first-order valence-electron chi connectivity index (χ1n) is 7.45. The predicted octanol–water partition coefficient (Wildman–Crippen LogP) is 1.82. The zero-order valence-corrected chi connectivity index (χ0v) is 12.5. The van der Waals surface area contributed by atoms with E-state index in [4.69, 9.17) is 4.52 Å². The van der Waals surface area contributed by atoms with Crippen molar-refractivity contribution in [3.63, 3.8) is 0 Å². The summed E-state index contributed by atoms with van der Waals surface area (Å²) in [5.41, 5.74) is 1.02. The van der Waals surface area contributed by atoms with Crippen LogP contribution >= 0.6 is 0 Å². The minimum Gasteiger partial charge on any atom is -0.507 e. The molecule has 6 nitrogen and oxygen atoms in total. The van der Waals surface area contributed by atoms with Crippen LogP contribution in [0.1, 0.15) is 17.5 Å². The Balaban J connectivity index is 1.74. The van der Waals surface area contributed by atoms with Gasteiger partial charge in [0.2, 0.25) is 5.76 Å². The van der Waals surface area contributed by atoms with Crippen molar-refractivity contribution in [1.29, 1.82) is 0 Å². The van der Waals surface area contributed by atoms with E-state index < -0.39 is 0 Å². The van der Waals surface area contributed by atoms with E-state index in [0.29, 0.717) is 24.3 Å². The molecule has 0 unspecified atom stereocenters. The van der Waals surface area contributed by atoms with Crippen LogP contribution in [0.5, 0.6) is 5.75 Å². The molecule has 1 aromatic carbocycles. The standard InChI is InChI=1S/C16H19N3O3/c1-2-18-7-9-19(10-8-18)16(21)15-11-13(17-22-15)12-5-3-4-6-14(12)20/h3-6,11,20H,2,7-10H2,1H3. The normalized spacial score (nSPS) is 16.0. The highest BCUT2D eigenvalue weighted by Gasteiger charge is 2.24. The lowest BCUT2D eigenvalue weighted by molar-refractivity contribution is 0.0603. The largest absolute Gasteiger partial charge is 0.507 e. The Hall–Kier alpha value is -2.34. The first-order valence-corrected chi connectivity index (χ1v) is 7.45. The van der Waals surface area contributed by atoms with Gasteiger partial charge < -0.3 is 19.4 Å². The molecule has 0 atom stereocenters. The van der Waals surface area contributed by atoms with Crippen LogP contribution in [0.25, 0.3) is 11.3 Å². The van der Waals surface area contributed by atoms with Crippen LogP contribution < -0.4 is 0 Å². The Bertz CT molecular complexity index is 660. The molecule has 1 aliphatic heterocycles. The zero-order chi connectivity index (χ0) is 15.5. The Morgan fingerprint density at radius 2 is 2.00 bits per heavy atom. The van der Waals surface area contributed by atoms with Crippen molar-refractivity contribution >= 4 is 5.91 Å². The number of aromatic hydroxyl groups is 1. The summed E-state index contributed by atoms with van der Waals surface area (Å²) in [6.45, 7) is 6.26. The Kier molecular flexibility index (Phi) is 4.11. The van der Waals surface area contributed by atoms with Crippen LogP contribution in [0.4, 0.5) is 0 Å². The third kappa shape index (κ3) is 2.82. The molecule has 0 aliphatic carbocycles. The summed E-state index contributed by atoms with van der Waals surface area (Å²) in [4.78, 5) is 16.5. The van der Waals surface area contributed by atoms with E-state index in [1.165, 1.54) is 0 Å². The molecule has 2 aromatic rings. The fourth-order valence-electron chi connectivity index (χ4n) is 2.62. The van der Waals surface area contributed by atoms with E-state index in [0.717, 1.165) is 19.6 Å². The van der Waals surface area contributed by atoms with Crippen LogP contribution in [0.3, 0.4) is 0 Å². The quantitative estimate of drug-likeness (QED) is 0.936. The molecule has 1 aromatic heterocycles. The summed E-state index contributed by atoms with van der Waals surface area (Å²) in [6.07, 6.45) is 0. The van der Waals surface area contributed by atoms with Gasteiger partial charge in [-0.2, -0.15) is 0 Å². The number of phenolic OH excluding ortho intramolecular Hbond substituents is 1. The monoisotopic (exact) mass is 301 g/mol. The summed E-state index contributed by atoms with van der Waals surface area (Å²) in [5, 5.41) is 13.7. The number of aromatic nitrogens is 1. The van der Waals surface area contributed by atoms with Crippen molar-refractivity contribution in [1.82, 2.24) is 15.0 Å². The lowest BCUT2D eigenvalue weighted by Crippen LogP contribution is -2.48. The molecule has 3 rings (SSSR count). The van der Waals surface area contributed by atoms with Gasteiger partial charge in [0.15, 0.2) is 0 Å². The van der Waals surface area contributed by atoms with Crippen molar-refractivity contribution in [2.45, 2.75) is 6.92 Å². The summed E-state index contributed by atoms with van der Waals surface area (Å²) in [6, 6.07) is 8.44. The molecule has 116 valence electrons. The zero-order valence-electron chi connectivity index (χ0n) is 12.5. The molecule has 1 fully saturated rings. The van der Waals surface area contributed by atoms with E-state index in [9.17, 15) is 9.90 Å². The highest BCUT2D eigenvalue weighted by Crippen LogP contribution is 2.28. The molecule has 0 spiro atoms. The minimum absolute atomic E-state index is 0.117. The van der Waals surface area contributed by atoms with Crippen molar-refractivity contribution < 1.29 is 14.4 Å². The molecule has 1 N–H and O–H groups in total. The summed E-state index contributed by atoms with van der Waals surface area (Å²) in [5.74, 6) is 0.180. The van der Waals surface area contributed by atoms with Gasteiger partial charge in [-0.1, -0.05) is 24.2 Å². The third-order valence-electron chi connectivity index (χ3n) is 4.01. The maximum Gasteiger partial charge on any atom is 0.292 e. The minimum atomic E-state index is -0.148. The number of benzene rings is 1. The molecule has 1 saturated heterocycles. The molecule has 0 saturated carbocycles. The van der Waals surface area contributed by atoms with Crippen LogP contribution in [0, 0.1) is 0 Å². The van der Waals surface area contributed by atoms with Gasteiger partial charge >= 0.3 is 0 Å². The van der Waals surface area contributed by atoms with Gasteiger partial charge in [0, 0.05) is 37.8 Å². The number of hydrogen-bond acceptors (Lipinski definition) is 5. The fraction of sp³-hybridized carbons (Fsp3) is 0.375. The van der Waals surface area contributed by atoms with Gasteiger partial charge in [-0.15, -0.1) is 0 Å². The molecule has 1 amide bonds. The third-order valence-corrected chi connectivity index (χ3v) is 4.01. The number of carbonyl (C=O) groups excluding carboxylic acids is 1. The summed E-state index contributed by atoms with van der Waals surface area (Å²) < 4.78 is 5.18. The molecule has 0 radical (unpaired) electrons. The summed E-state index contributed by atoms with van der Waals surface area (Å²) >= 11 is 0. The van der Waals surface area contributed by atoms with E-state index in [2.05, 4.69) is 17.0 Å². The Morgan fingerprint density at radius 3 is 2.68 bits per heavy atom. The lowest BCUT2D eigenvalue weighted by Gasteiger charge is -2.33. The second-order valence-electron chi connectivity index (χ2n) is 5.32. The van der Waals surface area contributed by atoms with E-state index in [1.54, 1.807) is 35.2 Å². The van der Waals surface area contributed by atoms with Crippen LogP contribution in [-0.2, 0) is 0 Å². The van der Waals surface area contributed by atoms with Crippen molar-refractivity contribution in [3.8, 4) is 17.0 Å². The molecular weight excluding hydrogens is 282 g/mol. The van der Waals surface area contributed by atoms with Gasteiger partial charge in [-0.3, -0.25) is 4.79 Å². The van der Waals surface area contributed by atoms with Crippen molar-refractivity contribution in [2.24, 2.45) is 0 Å². The number of piperazine rings is 1. The SMILES string of the molecule is CCN1CCN(C(=O)c2cc(-c3ccccc3O)no2)CC1. The number of amides is 1. The van der Waals surface area contributed by atoms with E-state index in [-0.39, 0.29) is 17.4 Å². The number of para-hydroxylation sites is 1. The molecule has 2 heterocycles. The maximum atomic E-state index is 12.4. The smallest absolute Gasteiger partial charge is 0.292 e. The first kappa shape index (κ1) is 14.6. The van der Waals surface area contributed by atoms with Gasteiger partial charge in [0.05, 0.1) is 0 Å². The van der Waals surface area contributed by atoms with Crippen LogP contribution in [0.15, 0.2) is 34.9 Å². The average Bonchev–Trinajstić information content (AvgIpc) is 3.04. The average molecular weight is 301 g/mol. The molecule has 22 heavy (non-hydrogen) atoms. The van der Waals surface area contributed by atoms with Crippen molar-refractivity contribution in [3.05, 3.63) is 36.1 Å². The number of rotatable bonds is 3. The topological polar surface area (TPSA) is 69.8 Å². The number of carbonyl (C=O) groups is 1. The Morgan fingerprint density at radius 1 is 1.27 bits per heavy atom. The molecule has 6 heteroatoms. The molecular formula is C16H19N3O3. The lowest BCUT2D eigenvalue weighted by atomic mass is 10.1. The number of nitrogens with zero attached hydrogens (tertiary/aromatic N) is 3. The summed E-state index contributed by atoms with van der Waals surface area (Å²) in [7, 11) is 0. The Labute approximate surface area is 128 Å². The van der Waals surface area contributed by atoms with Gasteiger partial charge in [0.1, 0.15) is 11.4 Å². The number of phenols is 1. The van der Waals surface area contributed by atoms with Gasteiger partial charge in [-0.25, -0.2) is 0 Å². The fourth-order valence-corrected chi connectivity index (χ4v) is 2.62. The highest BCUT2D eigenvalue weighted by atomic mass is 16.5. The second-order valence-corrected chi connectivity index (χ2v) is 5.32. The van der Waals surface area contributed by atoms with Crippen LogP contribution in [0.2, 0.25) is 0 Å². The number of hydrogen-bond donors (Lipinski definition) is 1. The number of likely N-dealkylation sites (N-methyl/N-ethyl adjacent to an activating group) is 1. The van der Waals surface area contributed by atoms with E-state index >= 15 is 0 Å². The maximum absolute atomic E-state index is 12.4. The van der Waals surface area contributed by atoms with Gasteiger partial charge in [-0.05, 0) is 18.7 Å².